The van der Waals surface area contributed by atoms with E-state index in [1.165, 1.54) is 44.5 Å². The van der Waals surface area contributed by atoms with Gasteiger partial charge in [0.15, 0.2) is 0 Å². The van der Waals surface area contributed by atoms with Crippen molar-refractivity contribution in [2.24, 2.45) is 5.92 Å². The van der Waals surface area contributed by atoms with E-state index in [0.717, 1.165) is 28.8 Å². The molecule has 0 spiro atoms. The van der Waals surface area contributed by atoms with E-state index in [-0.39, 0.29) is 17.9 Å². The van der Waals surface area contributed by atoms with E-state index in [1.54, 1.807) is 0 Å². The second kappa shape index (κ2) is 9.29. The van der Waals surface area contributed by atoms with Crippen molar-refractivity contribution >= 4 is 17.2 Å². The summed E-state index contributed by atoms with van der Waals surface area (Å²) in [5.74, 6) is 0.0254. The highest BCUT2D eigenvalue weighted by molar-refractivity contribution is 6.11. The van der Waals surface area contributed by atoms with Gasteiger partial charge < -0.3 is 0 Å². The van der Waals surface area contributed by atoms with Gasteiger partial charge in [0.25, 0.3) is 5.91 Å². The van der Waals surface area contributed by atoms with Crippen LogP contribution in [0.5, 0.6) is 0 Å². The molecule has 0 saturated carbocycles. The lowest BCUT2D eigenvalue weighted by molar-refractivity contribution is 0.0988. The van der Waals surface area contributed by atoms with Crippen molar-refractivity contribution in [3.63, 3.8) is 0 Å². The van der Waals surface area contributed by atoms with Crippen LogP contribution in [0, 0.1) is 26.7 Å². The van der Waals surface area contributed by atoms with Gasteiger partial charge in [-0.1, -0.05) is 102 Å². The standard InChI is InChI=1S/C36H33NO/c1-22(2)33(32-21-27-20-25(5)14-19-29(27)34(32)26-15-10-23(3)11-16-26)35-30-8-6-7-9-31(30)36(38)37(35)28-17-12-24(4)13-18-28/h6-20,33,35H,1,21H2,2-5H3/t33?,35-/m0/s1. The van der Waals surface area contributed by atoms with Gasteiger partial charge in [0.2, 0.25) is 0 Å². The third-order valence-corrected chi connectivity index (χ3v) is 8.11. The number of rotatable bonds is 5. The second-order valence-electron chi connectivity index (χ2n) is 11.0. The third-order valence-electron chi connectivity index (χ3n) is 8.11. The Morgan fingerprint density at radius 1 is 0.816 bits per heavy atom. The zero-order chi connectivity index (χ0) is 26.6. The van der Waals surface area contributed by atoms with Gasteiger partial charge >= 0.3 is 0 Å². The number of hydrogen-bond donors (Lipinski definition) is 0. The maximum atomic E-state index is 14.0. The van der Waals surface area contributed by atoms with E-state index in [9.17, 15) is 4.79 Å². The van der Waals surface area contributed by atoms with Gasteiger partial charge in [0.05, 0.1) is 6.04 Å². The largest absolute Gasteiger partial charge is 0.300 e. The number of fused-ring (bicyclic) bond motifs is 2. The van der Waals surface area contributed by atoms with Gasteiger partial charge in [-0.15, -0.1) is 0 Å². The van der Waals surface area contributed by atoms with E-state index in [0.29, 0.717) is 0 Å². The first-order chi connectivity index (χ1) is 18.3. The molecule has 0 fully saturated rings. The van der Waals surface area contributed by atoms with Gasteiger partial charge in [-0.25, -0.2) is 0 Å². The Kier molecular flexibility index (Phi) is 5.91. The summed E-state index contributed by atoms with van der Waals surface area (Å²) in [6, 6.07) is 31.9. The van der Waals surface area contributed by atoms with Crippen LogP contribution >= 0.6 is 0 Å². The summed E-state index contributed by atoms with van der Waals surface area (Å²) in [4.78, 5) is 16.0. The minimum Gasteiger partial charge on any atom is -0.300 e. The van der Waals surface area contributed by atoms with E-state index >= 15 is 0 Å². The van der Waals surface area contributed by atoms with Crippen molar-refractivity contribution in [2.45, 2.75) is 40.2 Å². The highest BCUT2D eigenvalue weighted by Gasteiger charge is 2.45. The fraction of sp³-hybridized carbons (Fsp3) is 0.194. The molecule has 1 amide bonds. The number of hydrogen-bond acceptors (Lipinski definition) is 1. The fourth-order valence-electron chi connectivity index (χ4n) is 6.32. The quantitative estimate of drug-likeness (QED) is 0.254. The third kappa shape index (κ3) is 3.92. The van der Waals surface area contributed by atoms with Crippen molar-refractivity contribution < 1.29 is 4.79 Å². The summed E-state index contributed by atoms with van der Waals surface area (Å²) in [6.07, 6.45) is 0.854. The molecule has 0 saturated heterocycles. The second-order valence-corrected chi connectivity index (χ2v) is 11.0. The molecule has 0 N–H and O–H groups in total. The van der Waals surface area contributed by atoms with Gasteiger partial charge in [0, 0.05) is 17.2 Å². The Bertz CT molecular complexity index is 1600. The molecule has 0 aromatic heterocycles. The molecule has 6 rings (SSSR count). The molecule has 4 aromatic carbocycles. The molecule has 1 aliphatic heterocycles. The average Bonchev–Trinajstić information content (AvgIpc) is 3.40. The number of carbonyl (C=O) groups excluding carboxylic acids is 1. The molecule has 2 atom stereocenters. The highest BCUT2D eigenvalue weighted by atomic mass is 16.2. The summed E-state index contributed by atoms with van der Waals surface area (Å²) in [7, 11) is 0. The minimum atomic E-state index is -0.162. The highest BCUT2D eigenvalue weighted by Crippen LogP contribution is 2.51. The Morgan fingerprint density at radius 3 is 2.13 bits per heavy atom. The van der Waals surface area contributed by atoms with Crippen molar-refractivity contribution in [3.8, 4) is 0 Å². The number of nitrogens with zero attached hydrogens (tertiary/aromatic N) is 1. The van der Waals surface area contributed by atoms with Gasteiger partial charge in [-0.2, -0.15) is 0 Å². The molecule has 4 aromatic rings. The molecular weight excluding hydrogens is 462 g/mol. The molecular formula is C36H33NO. The normalized spacial score (nSPS) is 17.0. The molecule has 2 nitrogen and oxygen atoms in total. The van der Waals surface area contributed by atoms with Crippen LogP contribution in [0.3, 0.4) is 0 Å². The number of benzene rings is 4. The molecule has 188 valence electrons. The minimum absolute atomic E-state index is 0.0343. The Morgan fingerprint density at radius 2 is 1.45 bits per heavy atom. The topological polar surface area (TPSA) is 20.3 Å². The molecule has 1 aliphatic carbocycles. The summed E-state index contributed by atoms with van der Waals surface area (Å²) < 4.78 is 0. The SMILES string of the molecule is C=C(C)C(C1=C(c2ccc(C)cc2)c2ccc(C)cc2C1)[C@@H]1c2ccccc2C(=O)N1c1ccc(C)cc1. The predicted octanol–water partition coefficient (Wildman–Crippen LogP) is 8.56. The number of amides is 1. The van der Waals surface area contributed by atoms with Crippen LogP contribution in [0.2, 0.25) is 0 Å². The molecule has 0 radical (unpaired) electrons. The van der Waals surface area contributed by atoms with Crippen molar-refractivity contribution in [1.29, 1.82) is 0 Å². The lowest BCUT2D eigenvalue weighted by Gasteiger charge is -2.35. The summed E-state index contributed by atoms with van der Waals surface area (Å²) in [6.45, 7) is 13.0. The van der Waals surface area contributed by atoms with Gasteiger partial charge in [-0.05, 0) is 85.7 Å². The Labute approximate surface area is 226 Å². The molecule has 1 unspecified atom stereocenters. The fourth-order valence-corrected chi connectivity index (χ4v) is 6.32. The van der Waals surface area contributed by atoms with Crippen LogP contribution in [-0.4, -0.2) is 5.91 Å². The maximum absolute atomic E-state index is 14.0. The van der Waals surface area contributed by atoms with Crippen LogP contribution in [0.25, 0.3) is 5.57 Å². The summed E-state index contributed by atoms with van der Waals surface area (Å²) in [5, 5.41) is 0. The first kappa shape index (κ1) is 24.2. The van der Waals surface area contributed by atoms with E-state index in [1.807, 2.05) is 17.0 Å². The number of carbonyl (C=O) groups is 1. The summed E-state index contributed by atoms with van der Waals surface area (Å²) >= 11 is 0. The predicted molar refractivity (Wildman–Crippen MR) is 158 cm³/mol. The van der Waals surface area contributed by atoms with E-state index < -0.39 is 0 Å². The number of aryl methyl sites for hydroxylation is 3. The van der Waals surface area contributed by atoms with E-state index in [4.69, 9.17) is 0 Å². The summed E-state index contributed by atoms with van der Waals surface area (Å²) in [5.41, 5.74) is 14.0. The smallest absolute Gasteiger partial charge is 0.259 e. The Balaban J connectivity index is 1.59. The molecule has 38 heavy (non-hydrogen) atoms. The molecule has 2 heteroatoms. The van der Waals surface area contributed by atoms with Crippen LogP contribution in [0.4, 0.5) is 5.69 Å². The molecule has 2 aliphatic rings. The lowest BCUT2D eigenvalue weighted by atomic mass is 9.79. The zero-order valence-electron chi connectivity index (χ0n) is 22.6. The lowest BCUT2D eigenvalue weighted by Crippen LogP contribution is -2.34. The van der Waals surface area contributed by atoms with Gasteiger partial charge in [-0.3, -0.25) is 9.69 Å². The first-order valence-electron chi connectivity index (χ1n) is 13.4. The zero-order valence-corrected chi connectivity index (χ0v) is 22.6. The van der Waals surface area contributed by atoms with E-state index in [2.05, 4.69) is 113 Å². The van der Waals surface area contributed by atoms with Crippen LogP contribution in [-0.2, 0) is 6.42 Å². The maximum Gasteiger partial charge on any atom is 0.259 e. The van der Waals surface area contributed by atoms with Crippen molar-refractivity contribution in [1.82, 2.24) is 0 Å². The molecule has 0 bridgehead atoms. The van der Waals surface area contributed by atoms with Gasteiger partial charge in [0.1, 0.15) is 0 Å². The van der Waals surface area contributed by atoms with Crippen molar-refractivity contribution in [2.75, 3.05) is 4.90 Å². The first-order valence-corrected chi connectivity index (χ1v) is 13.4. The van der Waals surface area contributed by atoms with Crippen LogP contribution < -0.4 is 4.90 Å². The average molecular weight is 496 g/mol. The molecule has 1 heterocycles. The van der Waals surface area contributed by atoms with Crippen molar-refractivity contribution in [3.05, 3.63) is 153 Å². The Hall–Kier alpha value is -4.17. The van der Waals surface area contributed by atoms with Crippen LogP contribution in [0.1, 0.15) is 62.3 Å². The van der Waals surface area contributed by atoms with Crippen LogP contribution in [0.15, 0.2) is 109 Å². The number of anilines is 1. The monoisotopic (exact) mass is 495 g/mol.